The fourth-order valence-electron chi connectivity index (χ4n) is 3.76. The Kier molecular flexibility index (Phi) is 6.04. The predicted octanol–water partition coefficient (Wildman–Crippen LogP) is 2.76. The molecule has 142 valence electrons. The lowest BCUT2D eigenvalue weighted by molar-refractivity contribution is -0.146. The number of carboxylic acids is 1. The van der Waals surface area contributed by atoms with Crippen LogP contribution in [0.4, 0.5) is 0 Å². The fourth-order valence-corrected chi connectivity index (χ4v) is 3.88. The Bertz CT molecular complexity index is 672. The van der Waals surface area contributed by atoms with Gasteiger partial charge in [0.15, 0.2) is 6.61 Å². The molecule has 1 N–H and O–H groups in total. The van der Waals surface area contributed by atoms with Crippen LogP contribution in [0, 0.1) is 18.8 Å². The average Bonchev–Trinajstić information content (AvgIpc) is 3.12. The zero-order chi connectivity index (χ0) is 18.7. The molecule has 7 heteroatoms. The highest BCUT2D eigenvalue weighted by Crippen LogP contribution is 2.33. The molecule has 2 atom stereocenters. The molecule has 0 aromatic heterocycles. The first-order chi connectivity index (χ1) is 12.5. The summed E-state index contributed by atoms with van der Waals surface area (Å²) in [4.78, 5) is 25.5. The molecule has 1 amide bonds. The van der Waals surface area contributed by atoms with Crippen molar-refractivity contribution in [2.75, 3.05) is 26.3 Å². The highest BCUT2D eigenvalue weighted by atomic mass is 35.5. The maximum atomic E-state index is 12.4. The second-order valence-corrected chi connectivity index (χ2v) is 7.39. The summed E-state index contributed by atoms with van der Waals surface area (Å²) in [5.74, 6) is -0.434. The van der Waals surface area contributed by atoms with E-state index in [1.54, 1.807) is 17.0 Å². The van der Waals surface area contributed by atoms with E-state index in [9.17, 15) is 14.7 Å². The molecule has 0 bridgehead atoms. The molecular formula is C19H24ClNO5. The average molecular weight is 382 g/mol. The van der Waals surface area contributed by atoms with Crippen LogP contribution in [-0.4, -0.2) is 54.3 Å². The lowest BCUT2D eigenvalue weighted by Gasteiger charge is -2.35. The van der Waals surface area contributed by atoms with E-state index in [4.69, 9.17) is 21.1 Å². The number of nitrogens with zero attached hydrogens (tertiary/aromatic N) is 1. The SMILES string of the molecule is Cc1cc(OCC(=O)N2CCC([C@@H]3OCCC3C(=O)O)CC2)ccc1Cl. The molecule has 2 saturated heterocycles. The van der Waals surface area contributed by atoms with Gasteiger partial charge in [0.1, 0.15) is 5.75 Å². The van der Waals surface area contributed by atoms with Gasteiger partial charge in [-0.3, -0.25) is 9.59 Å². The summed E-state index contributed by atoms with van der Waals surface area (Å²) in [5, 5.41) is 9.97. The minimum absolute atomic E-state index is 0.0105. The molecule has 1 unspecified atom stereocenters. The van der Waals surface area contributed by atoms with Crippen molar-refractivity contribution in [2.45, 2.75) is 32.3 Å². The van der Waals surface area contributed by atoms with E-state index in [1.165, 1.54) is 0 Å². The van der Waals surface area contributed by atoms with Gasteiger partial charge in [-0.05, 0) is 55.9 Å². The minimum Gasteiger partial charge on any atom is -0.484 e. The highest BCUT2D eigenvalue weighted by molar-refractivity contribution is 6.31. The predicted molar refractivity (Wildman–Crippen MR) is 96.5 cm³/mol. The van der Waals surface area contributed by atoms with Crippen molar-refractivity contribution in [3.8, 4) is 5.75 Å². The largest absolute Gasteiger partial charge is 0.484 e. The number of aliphatic carboxylic acids is 1. The van der Waals surface area contributed by atoms with Crippen LogP contribution in [0.1, 0.15) is 24.8 Å². The van der Waals surface area contributed by atoms with Crippen molar-refractivity contribution in [1.29, 1.82) is 0 Å². The van der Waals surface area contributed by atoms with Crippen molar-refractivity contribution in [3.63, 3.8) is 0 Å². The molecule has 6 nitrogen and oxygen atoms in total. The van der Waals surface area contributed by atoms with Crippen molar-refractivity contribution in [2.24, 2.45) is 11.8 Å². The van der Waals surface area contributed by atoms with Crippen LogP contribution < -0.4 is 4.74 Å². The number of carbonyl (C=O) groups excluding carboxylic acids is 1. The molecule has 0 saturated carbocycles. The zero-order valence-corrected chi connectivity index (χ0v) is 15.6. The van der Waals surface area contributed by atoms with Gasteiger partial charge in [0.25, 0.3) is 5.91 Å². The Labute approximate surface area is 158 Å². The third kappa shape index (κ3) is 4.30. The third-order valence-electron chi connectivity index (χ3n) is 5.30. The number of piperidine rings is 1. The number of carbonyl (C=O) groups is 2. The van der Waals surface area contributed by atoms with Gasteiger partial charge in [-0.2, -0.15) is 0 Å². The van der Waals surface area contributed by atoms with Crippen LogP contribution in [0.2, 0.25) is 5.02 Å². The number of hydrogen-bond acceptors (Lipinski definition) is 4. The summed E-state index contributed by atoms with van der Waals surface area (Å²) in [6.07, 6.45) is 1.88. The molecule has 26 heavy (non-hydrogen) atoms. The second-order valence-electron chi connectivity index (χ2n) is 6.99. The molecular weight excluding hydrogens is 358 g/mol. The van der Waals surface area contributed by atoms with Gasteiger partial charge in [0.05, 0.1) is 12.0 Å². The number of hydrogen-bond donors (Lipinski definition) is 1. The van der Waals surface area contributed by atoms with Crippen molar-refractivity contribution < 1.29 is 24.2 Å². The Morgan fingerprint density at radius 3 is 2.69 bits per heavy atom. The molecule has 2 heterocycles. The number of amides is 1. The number of aryl methyl sites for hydroxylation is 1. The summed E-state index contributed by atoms with van der Waals surface area (Å²) in [6.45, 7) is 3.60. The number of halogens is 1. The van der Waals surface area contributed by atoms with Gasteiger partial charge < -0.3 is 19.5 Å². The molecule has 1 aromatic carbocycles. The Hall–Kier alpha value is -1.79. The van der Waals surface area contributed by atoms with Crippen molar-refractivity contribution >= 4 is 23.5 Å². The van der Waals surface area contributed by atoms with Gasteiger partial charge >= 0.3 is 5.97 Å². The number of likely N-dealkylation sites (tertiary alicyclic amines) is 1. The van der Waals surface area contributed by atoms with Crippen LogP contribution in [0.25, 0.3) is 0 Å². The van der Waals surface area contributed by atoms with E-state index in [0.717, 1.165) is 18.4 Å². The lowest BCUT2D eigenvalue weighted by atomic mass is 9.84. The lowest BCUT2D eigenvalue weighted by Crippen LogP contribution is -2.44. The summed E-state index contributed by atoms with van der Waals surface area (Å²) >= 11 is 5.98. The van der Waals surface area contributed by atoms with Gasteiger partial charge in [-0.25, -0.2) is 0 Å². The van der Waals surface area contributed by atoms with E-state index >= 15 is 0 Å². The monoisotopic (exact) mass is 381 g/mol. The highest BCUT2D eigenvalue weighted by Gasteiger charge is 2.40. The molecule has 0 aliphatic carbocycles. The summed E-state index contributed by atoms with van der Waals surface area (Å²) in [6, 6.07) is 5.31. The summed E-state index contributed by atoms with van der Waals surface area (Å²) in [5.41, 5.74) is 0.905. The van der Waals surface area contributed by atoms with E-state index in [1.807, 2.05) is 13.0 Å². The summed E-state index contributed by atoms with van der Waals surface area (Å²) in [7, 11) is 0. The number of benzene rings is 1. The molecule has 0 radical (unpaired) electrons. The van der Waals surface area contributed by atoms with Crippen LogP contribution in [0.5, 0.6) is 5.75 Å². The number of rotatable bonds is 5. The van der Waals surface area contributed by atoms with Gasteiger partial charge in [-0.1, -0.05) is 11.6 Å². The van der Waals surface area contributed by atoms with Crippen LogP contribution >= 0.6 is 11.6 Å². The fraction of sp³-hybridized carbons (Fsp3) is 0.579. The van der Waals surface area contributed by atoms with E-state index in [-0.39, 0.29) is 24.5 Å². The Morgan fingerprint density at radius 1 is 1.31 bits per heavy atom. The summed E-state index contributed by atoms with van der Waals surface area (Å²) < 4.78 is 11.2. The van der Waals surface area contributed by atoms with Crippen molar-refractivity contribution in [1.82, 2.24) is 4.90 Å². The second kappa shape index (κ2) is 8.27. The normalized spacial score (nSPS) is 23.8. The first kappa shape index (κ1) is 19.0. The quantitative estimate of drug-likeness (QED) is 0.848. The van der Waals surface area contributed by atoms with Crippen LogP contribution in [0.3, 0.4) is 0 Å². The third-order valence-corrected chi connectivity index (χ3v) is 5.73. The van der Waals surface area contributed by atoms with Gasteiger partial charge in [-0.15, -0.1) is 0 Å². The Balaban J connectivity index is 1.47. The minimum atomic E-state index is -0.780. The van der Waals surface area contributed by atoms with Crippen LogP contribution in [-0.2, 0) is 14.3 Å². The molecule has 2 fully saturated rings. The molecule has 3 rings (SSSR count). The molecule has 2 aliphatic rings. The molecule has 1 aromatic rings. The maximum Gasteiger partial charge on any atom is 0.309 e. The number of ether oxygens (including phenoxy) is 2. The zero-order valence-electron chi connectivity index (χ0n) is 14.8. The maximum absolute atomic E-state index is 12.4. The van der Waals surface area contributed by atoms with E-state index in [0.29, 0.717) is 36.9 Å². The van der Waals surface area contributed by atoms with Gasteiger partial charge in [0.2, 0.25) is 0 Å². The first-order valence-electron chi connectivity index (χ1n) is 8.97. The van der Waals surface area contributed by atoms with E-state index in [2.05, 4.69) is 0 Å². The standard InChI is InChI=1S/C19H24ClNO5/c1-12-10-14(2-3-16(12)20)26-11-17(22)21-7-4-13(5-8-21)18-15(19(23)24)6-9-25-18/h2-3,10,13,15,18H,4-9,11H2,1H3,(H,23,24)/t15?,18-/m0/s1. The van der Waals surface area contributed by atoms with Crippen LogP contribution in [0.15, 0.2) is 18.2 Å². The molecule has 0 spiro atoms. The van der Waals surface area contributed by atoms with Crippen molar-refractivity contribution in [3.05, 3.63) is 28.8 Å². The number of carboxylic acid groups (broad SMARTS) is 1. The smallest absolute Gasteiger partial charge is 0.309 e. The Morgan fingerprint density at radius 2 is 2.04 bits per heavy atom. The molecule has 2 aliphatic heterocycles. The first-order valence-corrected chi connectivity index (χ1v) is 9.34. The van der Waals surface area contributed by atoms with Gasteiger partial charge in [0, 0.05) is 24.7 Å². The van der Waals surface area contributed by atoms with E-state index < -0.39 is 11.9 Å². The topological polar surface area (TPSA) is 76.1 Å².